The molecule has 0 saturated carbocycles. The van der Waals surface area contributed by atoms with Gasteiger partial charge in [0.05, 0.1) is 0 Å². The Morgan fingerprint density at radius 3 is 1.40 bits per heavy atom. The van der Waals surface area contributed by atoms with Crippen LogP contribution >= 0.6 is 0 Å². The van der Waals surface area contributed by atoms with Gasteiger partial charge >= 0.3 is 35.8 Å². The summed E-state index contributed by atoms with van der Waals surface area (Å²) in [6, 6.07) is 0. The van der Waals surface area contributed by atoms with Crippen molar-refractivity contribution in [3.8, 4) is 0 Å². The minimum atomic E-state index is -6.71. The molecular weight excluding hydrogens is 389 g/mol. The number of hydrogen-bond donors (Lipinski definition) is 1. The Hall–Kier alpha value is -1.34. The van der Waals surface area contributed by atoms with Gasteiger partial charge in [0.25, 0.3) is 0 Å². The van der Waals surface area contributed by atoms with Crippen LogP contribution in [0, 0.1) is 0 Å². The predicted octanol–water partition coefficient (Wildman–Crippen LogP) is 4.36. The summed E-state index contributed by atoms with van der Waals surface area (Å²) in [6.07, 6.45) is -23.4. The van der Waals surface area contributed by atoms with E-state index in [0.29, 0.717) is 0 Å². The molecule has 0 aliphatic carbocycles. The molecule has 0 aliphatic rings. The van der Waals surface area contributed by atoms with Crippen LogP contribution in [0.5, 0.6) is 0 Å². The smallest absolute Gasteiger partial charge is 0.436 e. The molecular formula is C11H11F11O3. The van der Waals surface area contributed by atoms with Crippen LogP contribution in [-0.4, -0.2) is 52.6 Å². The average molecular weight is 400 g/mol. The van der Waals surface area contributed by atoms with Gasteiger partial charge in [0.2, 0.25) is 0 Å². The molecule has 25 heavy (non-hydrogen) atoms. The van der Waals surface area contributed by atoms with Crippen molar-refractivity contribution in [2.75, 3.05) is 0 Å². The first-order valence-electron chi connectivity index (χ1n) is 6.06. The summed E-state index contributed by atoms with van der Waals surface area (Å²) < 4.78 is 146. The van der Waals surface area contributed by atoms with E-state index in [4.69, 9.17) is 5.11 Å². The molecule has 3 unspecified atom stereocenters. The maximum Gasteiger partial charge on any atom is 0.436 e. The van der Waals surface area contributed by atoms with Crippen molar-refractivity contribution in [3.05, 3.63) is 0 Å². The quantitative estimate of drug-likeness (QED) is 0.675. The average Bonchev–Trinajstić information content (AvgIpc) is 2.31. The number of carbonyl (C=O) groups is 1. The normalized spacial score (nSPS) is 20.6. The molecule has 0 aromatic carbocycles. The Kier molecular flexibility index (Phi) is 5.80. The standard InChI is InChI=1S/C11H11F11O3/c1-4(7(13,5(23)24)9(15,16)17)25-11(21,22)8(14,6(2,3)12)10(18,19)20/h4H,1-3H3,(H,23,24). The molecule has 0 amide bonds. The molecule has 0 bridgehead atoms. The molecule has 0 fully saturated rings. The van der Waals surface area contributed by atoms with Crippen LogP contribution in [0.25, 0.3) is 0 Å². The van der Waals surface area contributed by atoms with E-state index in [1.54, 1.807) is 0 Å². The molecule has 0 aromatic heterocycles. The third kappa shape index (κ3) is 3.62. The van der Waals surface area contributed by atoms with E-state index in [1.807, 2.05) is 0 Å². The molecule has 150 valence electrons. The van der Waals surface area contributed by atoms with Crippen molar-refractivity contribution < 1.29 is 62.9 Å². The number of hydrogen-bond acceptors (Lipinski definition) is 2. The zero-order valence-corrected chi connectivity index (χ0v) is 12.5. The van der Waals surface area contributed by atoms with Crippen LogP contribution in [0.15, 0.2) is 0 Å². The van der Waals surface area contributed by atoms with Crippen LogP contribution in [0.3, 0.4) is 0 Å². The van der Waals surface area contributed by atoms with Crippen molar-refractivity contribution in [1.29, 1.82) is 0 Å². The third-order valence-electron chi connectivity index (χ3n) is 3.22. The second kappa shape index (κ2) is 6.13. The molecule has 0 aliphatic heterocycles. The van der Waals surface area contributed by atoms with Gasteiger partial charge in [0.15, 0.2) is 5.67 Å². The van der Waals surface area contributed by atoms with Gasteiger partial charge < -0.3 is 9.84 Å². The Bertz CT molecular complexity index is 491. The van der Waals surface area contributed by atoms with Crippen molar-refractivity contribution in [1.82, 2.24) is 0 Å². The lowest BCUT2D eigenvalue weighted by Gasteiger charge is -2.42. The fourth-order valence-electron chi connectivity index (χ4n) is 1.76. The number of carboxylic acids is 1. The van der Waals surface area contributed by atoms with Crippen LogP contribution in [0.1, 0.15) is 20.8 Å². The summed E-state index contributed by atoms with van der Waals surface area (Å²) in [6.45, 7) is -0.949. The molecule has 3 atom stereocenters. The summed E-state index contributed by atoms with van der Waals surface area (Å²) in [7, 11) is 0. The van der Waals surface area contributed by atoms with E-state index in [9.17, 15) is 53.1 Å². The monoisotopic (exact) mass is 400 g/mol. The van der Waals surface area contributed by atoms with Gasteiger partial charge in [0, 0.05) is 0 Å². The fraction of sp³-hybridized carbons (Fsp3) is 0.909. The van der Waals surface area contributed by atoms with Gasteiger partial charge in [-0.3, -0.25) is 0 Å². The molecule has 0 heterocycles. The third-order valence-corrected chi connectivity index (χ3v) is 3.22. The highest BCUT2D eigenvalue weighted by Gasteiger charge is 2.81. The minimum Gasteiger partial charge on any atom is -0.479 e. The molecule has 3 nitrogen and oxygen atoms in total. The van der Waals surface area contributed by atoms with E-state index in [2.05, 4.69) is 4.74 Å². The molecule has 0 spiro atoms. The molecule has 0 saturated heterocycles. The van der Waals surface area contributed by atoms with Crippen LogP contribution in [-0.2, 0) is 9.53 Å². The van der Waals surface area contributed by atoms with Crippen molar-refractivity contribution in [3.63, 3.8) is 0 Å². The summed E-state index contributed by atoms with van der Waals surface area (Å²) in [5.41, 5.74) is -16.3. The van der Waals surface area contributed by atoms with Gasteiger partial charge in [-0.2, -0.15) is 35.1 Å². The van der Waals surface area contributed by atoms with E-state index >= 15 is 0 Å². The van der Waals surface area contributed by atoms with Crippen molar-refractivity contribution in [2.45, 2.75) is 62.3 Å². The van der Waals surface area contributed by atoms with Crippen molar-refractivity contribution >= 4 is 5.97 Å². The molecule has 1 N–H and O–H groups in total. The van der Waals surface area contributed by atoms with Gasteiger partial charge in [-0.15, -0.1) is 0 Å². The van der Waals surface area contributed by atoms with Crippen LogP contribution in [0.2, 0.25) is 0 Å². The minimum absolute atomic E-state index is 0.313. The van der Waals surface area contributed by atoms with Gasteiger partial charge in [0.1, 0.15) is 6.10 Å². The first kappa shape index (κ1) is 23.7. The summed E-state index contributed by atoms with van der Waals surface area (Å²) in [4.78, 5) is 10.4. The lowest BCUT2D eigenvalue weighted by molar-refractivity contribution is -0.424. The van der Waals surface area contributed by atoms with E-state index in [0.717, 1.165) is 0 Å². The number of aliphatic carboxylic acids is 1. The Labute approximate surface area is 132 Å². The summed E-state index contributed by atoms with van der Waals surface area (Å²) >= 11 is 0. The van der Waals surface area contributed by atoms with Gasteiger partial charge in [-0.25, -0.2) is 18.0 Å². The summed E-state index contributed by atoms with van der Waals surface area (Å²) in [5, 5.41) is 8.25. The number of alkyl halides is 11. The van der Waals surface area contributed by atoms with Crippen LogP contribution in [0.4, 0.5) is 48.3 Å². The zero-order chi connectivity index (χ0) is 20.9. The second-order valence-corrected chi connectivity index (χ2v) is 5.42. The highest BCUT2D eigenvalue weighted by Crippen LogP contribution is 2.54. The Balaban J connectivity index is 6.18. The Morgan fingerprint density at radius 2 is 1.20 bits per heavy atom. The largest absolute Gasteiger partial charge is 0.479 e. The first-order valence-corrected chi connectivity index (χ1v) is 6.06. The number of rotatable bonds is 6. The van der Waals surface area contributed by atoms with E-state index < -0.39 is 47.5 Å². The summed E-state index contributed by atoms with van der Waals surface area (Å²) in [5.74, 6) is -3.43. The second-order valence-electron chi connectivity index (χ2n) is 5.42. The SMILES string of the molecule is CC(OC(F)(F)C(F)(C(C)(C)F)C(F)(F)F)C(F)(C(=O)O)C(F)(F)F. The van der Waals surface area contributed by atoms with E-state index in [-0.39, 0.29) is 20.8 Å². The number of halogens is 11. The maximum absolute atomic E-state index is 13.9. The van der Waals surface area contributed by atoms with Crippen LogP contribution < -0.4 is 0 Å². The molecule has 0 rings (SSSR count). The topological polar surface area (TPSA) is 46.5 Å². The highest BCUT2D eigenvalue weighted by atomic mass is 19.4. The predicted molar refractivity (Wildman–Crippen MR) is 58.1 cm³/mol. The zero-order valence-electron chi connectivity index (χ0n) is 12.5. The van der Waals surface area contributed by atoms with Crippen molar-refractivity contribution in [2.24, 2.45) is 0 Å². The van der Waals surface area contributed by atoms with E-state index in [1.165, 1.54) is 0 Å². The number of ether oxygens (including phenoxy) is 1. The molecule has 0 aromatic rings. The highest BCUT2D eigenvalue weighted by molar-refractivity contribution is 5.79. The fourth-order valence-corrected chi connectivity index (χ4v) is 1.76. The molecule has 14 heteroatoms. The lowest BCUT2D eigenvalue weighted by Crippen LogP contribution is -2.68. The lowest BCUT2D eigenvalue weighted by atomic mass is 9.86. The maximum atomic E-state index is 13.9. The Morgan fingerprint density at radius 1 is 0.840 bits per heavy atom. The molecule has 0 radical (unpaired) electrons. The van der Waals surface area contributed by atoms with Gasteiger partial charge in [-0.05, 0) is 20.8 Å². The van der Waals surface area contributed by atoms with Gasteiger partial charge in [-0.1, -0.05) is 0 Å². The first-order chi connectivity index (χ1) is 10.6. The number of carboxylic acid groups (broad SMARTS) is 1.